The van der Waals surface area contributed by atoms with Gasteiger partial charge in [0, 0.05) is 19.2 Å². The Bertz CT molecular complexity index is 761. The monoisotopic (exact) mass is 525 g/mol. The number of aryl methyl sites for hydroxylation is 2. The molecule has 5 nitrogen and oxygen atoms in total. The summed E-state index contributed by atoms with van der Waals surface area (Å²) in [6, 6.07) is 3.96. The highest BCUT2D eigenvalue weighted by atomic mass is 35.5. The van der Waals surface area contributed by atoms with Gasteiger partial charge in [-0.05, 0) is 68.5 Å². The molecule has 0 saturated carbocycles. The highest BCUT2D eigenvalue weighted by Crippen LogP contribution is 2.31. The van der Waals surface area contributed by atoms with E-state index < -0.39 is 0 Å². The number of hydrogen-bond acceptors (Lipinski definition) is 5. The summed E-state index contributed by atoms with van der Waals surface area (Å²) in [5.74, 6) is 1.69. The molecule has 0 spiro atoms. The van der Waals surface area contributed by atoms with E-state index >= 15 is 0 Å². The molecule has 0 bridgehead atoms. The largest absolute Gasteiger partial charge is 0.490 e. The molecular formula is C23H31Cl4NO4. The van der Waals surface area contributed by atoms with Crippen molar-refractivity contribution in [2.45, 2.75) is 52.6 Å². The molecule has 0 aliphatic carbocycles. The zero-order chi connectivity index (χ0) is 23.8. The van der Waals surface area contributed by atoms with E-state index in [1.54, 1.807) is 12.3 Å². The van der Waals surface area contributed by atoms with Gasteiger partial charge in [-0.1, -0.05) is 58.5 Å². The number of hydrogen-bond donors (Lipinski definition) is 0. The van der Waals surface area contributed by atoms with E-state index in [-0.39, 0.29) is 21.7 Å². The molecule has 180 valence electrons. The van der Waals surface area contributed by atoms with Crippen molar-refractivity contribution >= 4 is 52.6 Å². The first-order valence-electron chi connectivity index (χ1n) is 10.5. The Morgan fingerprint density at radius 1 is 1.06 bits per heavy atom. The Kier molecular flexibility index (Phi) is 15.7. The fourth-order valence-electron chi connectivity index (χ4n) is 2.75. The van der Waals surface area contributed by atoms with Crippen LogP contribution in [0, 0.1) is 6.92 Å². The summed E-state index contributed by atoms with van der Waals surface area (Å²) in [5, 5.41) is 3.78. The van der Waals surface area contributed by atoms with E-state index in [2.05, 4.69) is 19.0 Å². The fraction of sp³-hybridized carbons (Fsp3) is 0.522. The second-order valence-electron chi connectivity index (χ2n) is 6.94. The zero-order valence-electron chi connectivity index (χ0n) is 18.7. The van der Waals surface area contributed by atoms with Crippen molar-refractivity contribution in [1.82, 2.24) is 0 Å². The lowest BCUT2D eigenvalue weighted by atomic mass is 10.1. The maximum atomic E-state index is 6.24. The maximum Gasteiger partial charge on any atom is 0.138 e. The van der Waals surface area contributed by atoms with Crippen LogP contribution in [0.1, 0.15) is 44.2 Å². The average Bonchev–Trinajstić information content (AvgIpc) is 2.73. The number of nitrogens with zero attached hydrogens (tertiary/aromatic N) is 1. The molecule has 0 saturated heterocycles. The first-order valence-corrected chi connectivity index (χ1v) is 12.0. The molecule has 9 heteroatoms. The van der Waals surface area contributed by atoms with Crippen LogP contribution in [0.25, 0.3) is 0 Å². The highest BCUT2D eigenvalue weighted by Gasteiger charge is 2.13. The summed E-state index contributed by atoms with van der Waals surface area (Å²) in [5.41, 5.74) is 2.14. The van der Waals surface area contributed by atoms with E-state index in [0.717, 1.165) is 41.9 Å². The van der Waals surface area contributed by atoms with Gasteiger partial charge in [-0.3, -0.25) is 0 Å². The Morgan fingerprint density at radius 2 is 1.78 bits per heavy atom. The van der Waals surface area contributed by atoms with Crippen LogP contribution < -0.4 is 9.47 Å². The van der Waals surface area contributed by atoms with Crippen molar-refractivity contribution in [3.05, 3.63) is 44.4 Å². The second-order valence-corrected chi connectivity index (χ2v) is 8.95. The van der Waals surface area contributed by atoms with Gasteiger partial charge in [0.05, 0.1) is 12.7 Å². The minimum absolute atomic E-state index is 0.0733. The Balaban J connectivity index is 2.33. The van der Waals surface area contributed by atoms with Crippen molar-refractivity contribution in [3.8, 4) is 11.5 Å². The number of rotatable bonds is 16. The van der Waals surface area contributed by atoms with Crippen LogP contribution in [0.15, 0.2) is 38.4 Å². The summed E-state index contributed by atoms with van der Waals surface area (Å²) >= 11 is 22.2. The van der Waals surface area contributed by atoms with Crippen LogP contribution in [0.2, 0.25) is 0 Å². The van der Waals surface area contributed by atoms with Gasteiger partial charge in [0.2, 0.25) is 0 Å². The van der Waals surface area contributed by atoms with Crippen LogP contribution in [-0.2, 0) is 16.0 Å². The summed E-state index contributed by atoms with van der Waals surface area (Å²) < 4.78 is 17.9. The van der Waals surface area contributed by atoms with Gasteiger partial charge < -0.3 is 19.0 Å². The lowest BCUT2D eigenvalue weighted by Crippen LogP contribution is -2.15. The van der Waals surface area contributed by atoms with Gasteiger partial charge in [-0.15, -0.1) is 0 Å². The molecule has 0 aromatic heterocycles. The van der Waals surface area contributed by atoms with Gasteiger partial charge in [-0.25, -0.2) is 0 Å². The molecule has 0 heterocycles. The minimum atomic E-state index is 0.0733. The molecule has 0 fully saturated rings. The molecular weight excluding hydrogens is 496 g/mol. The minimum Gasteiger partial charge on any atom is -0.490 e. The maximum absolute atomic E-state index is 6.24. The van der Waals surface area contributed by atoms with E-state index in [0.29, 0.717) is 26.2 Å². The first kappa shape index (κ1) is 28.9. The molecule has 1 rings (SSSR count). The molecule has 0 aliphatic rings. The van der Waals surface area contributed by atoms with Gasteiger partial charge >= 0.3 is 0 Å². The third kappa shape index (κ3) is 13.4. The molecule has 1 atom stereocenters. The zero-order valence-corrected chi connectivity index (χ0v) is 21.7. The fourth-order valence-corrected chi connectivity index (χ4v) is 3.00. The molecule has 0 radical (unpaired) electrons. The topological polar surface area (TPSA) is 49.3 Å². The summed E-state index contributed by atoms with van der Waals surface area (Å²) in [4.78, 5) is 4.96. The molecule has 0 N–H and O–H groups in total. The Morgan fingerprint density at radius 3 is 2.47 bits per heavy atom. The van der Waals surface area contributed by atoms with E-state index in [1.165, 1.54) is 6.08 Å². The predicted octanol–water partition coefficient (Wildman–Crippen LogP) is 7.53. The molecule has 32 heavy (non-hydrogen) atoms. The number of oxime groups is 1. The quantitative estimate of drug-likeness (QED) is 0.127. The lowest BCUT2D eigenvalue weighted by molar-refractivity contribution is 0.121. The van der Waals surface area contributed by atoms with Crippen molar-refractivity contribution in [2.75, 3.05) is 26.4 Å². The lowest BCUT2D eigenvalue weighted by Gasteiger charge is -2.20. The molecule has 0 aliphatic heterocycles. The van der Waals surface area contributed by atoms with Gasteiger partial charge in [0.1, 0.15) is 33.7 Å². The third-order valence-electron chi connectivity index (χ3n) is 4.26. The number of benzene rings is 1. The Labute approximate surface area is 211 Å². The van der Waals surface area contributed by atoms with Gasteiger partial charge in [-0.2, -0.15) is 0 Å². The predicted molar refractivity (Wildman–Crippen MR) is 135 cm³/mol. The standard InChI is InChI=1S/C23H31Cl4NO4/c1-4-19-16-20(30-13-8-21(24)25)15-17(2)23(19)32-18(3)7-5-11-29-12-6-10-28-31-14-9-22(26)27/h8-10,15-16,18H,4-7,11-14H2,1-3H3. The van der Waals surface area contributed by atoms with Gasteiger partial charge in [0.15, 0.2) is 0 Å². The van der Waals surface area contributed by atoms with E-state index in [9.17, 15) is 0 Å². The normalized spacial score (nSPS) is 11.8. The van der Waals surface area contributed by atoms with Crippen LogP contribution in [0.5, 0.6) is 11.5 Å². The molecule has 0 amide bonds. The highest BCUT2D eigenvalue weighted by molar-refractivity contribution is 6.56. The van der Waals surface area contributed by atoms with Crippen LogP contribution >= 0.6 is 46.4 Å². The molecule has 1 unspecified atom stereocenters. The Hall–Kier alpha value is -1.11. The van der Waals surface area contributed by atoms with E-state index in [1.807, 2.05) is 19.1 Å². The number of ether oxygens (including phenoxy) is 3. The SMILES string of the molecule is CCc1cc(OCC=C(Cl)Cl)cc(C)c1OC(C)CCCOCCC=NOCC=C(Cl)Cl. The van der Waals surface area contributed by atoms with Crippen molar-refractivity contribution < 1.29 is 19.0 Å². The number of halogens is 4. The summed E-state index contributed by atoms with van der Waals surface area (Å²) in [6.07, 6.45) is 8.17. The average molecular weight is 527 g/mol. The smallest absolute Gasteiger partial charge is 0.138 e. The van der Waals surface area contributed by atoms with Crippen molar-refractivity contribution in [2.24, 2.45) is 5.16 Å². The third-order valence-corrected chi connectivity index (χ3v) is 4.88. The second kappa shape index (κ2) is 17.4. The molecule has 1 aromatic carbocycles. The van der Waals surface area contributed by atoms with Gasteiger partial charge in [0.25, 0.3) is 0 Å². The first-order chi connectivity index (χ1) is 15.3. The summed E-state index contributed by atoms with van der Waals surface area (Å²) in [7, 11) is 0. The molecule has 1 aromatic rings. The summed E-state index contributed by atoms with van der Waals surface area (Å²) in [6.45, 7) is 8.00. The van der Waals surface area contributed by atoms with Crippen molar-refractivity contribution in [3.63, 3.8) is 0 Å². The van der Waals surface area contributed by atoms with E-state index in [4.69, 9.17) is 65.5 Å². The van der Waals surface area contributed by atoms with Crippen LogP contribution in [0.3, 0.4) is 0 Å². The van der Waals surface area contributed by atoms with Crippen LogP contribution in [-0.4, -0.2) is 38.7 Å². The van der Waals surface area contributed by atoms with Crippen molar-refractivity contribution in [1.29, 1.82) is 0 Å². The van der Waals surface area contributed by atoms with Crippen LogP contribution in [0.4, 0.5) is 0 Å².